The number of fused-ring (bicyclic) bond motifs is 3. The summed E-state index contributed by atoms with van der Waals surface area (Å²) in [6.45, 7) is 0. The number of carbonyl (C=O) groups excluding carboxylic acids is 1. The maximum Gasteiger partial charge on any atom is 0.154 e. The molecule has 1 aliphatic heterocycles. The molecule has 3 aromatic rings. The number of aromatic nitrogens is 2. The number of carboxylic acids is 1. The van der Waals surface area contributed by atoms with Gasteiger partial charge in [0.2, 0.25) is 0 Å². The maximum absolute atomic E-state index is 11.4. The molecule has 0 saturated carbocycles. The molecule has 4 rings (SSSR count). The number of hydrogen-bond acceptors (Lipinski definition) is 3. The van der Waals surface area contributed by atoms with Crippen LogP contribution in [0.5, 0.6) is 0 Å². The summed E-state index contributed by atoms with van der Waals surface area (Å²) in [6.07, 6.45) is 3.97. The van der Waals surface area contributed by atoms with Crippen molar-refractivity contribution in [2.75, 3.05) is 0 Å². The summed E-state index contributed by atoms with van der Waals surface area (Å²) in [4.78, 5) is 19.0. The third-order valence-electron chi connectivity index (χ3n) is 4.35. The SMILES string of the molecule is O=C([O-])[C@H]1Cc2c([nH]c3ccccc23)[C@@H](c2cccnc2)[NH2+]1. The van der Waals surface area contributed by atoms with Gasteiger partial charge in [0.1, 0.15) is 6.04 Å². The highest BCUT2D eigenvalue weighted by Crippen LogP contribution is 2.31. The van der Waals surface area contributed by atoms with Gasteiger partial charge >= 0.3 is 0 Å². The molecular weight excluding hydrogens is 278 g/mol. The zero-order chi connectivity index (χ0) is 15.1. The van der Waals surface area contributed by atoms with Gasteiger partial charge in [0.05, 0.1) is 11.7 Å². The molecule has 5 heteroatoms. The molecule has 0 amide bonds. The molecule has 1 aliphatic rings. The molecule has 0 saturated heterocycles. The fourth-order valence-electron chi connectivity index (χ4n) is 3.32. The number of carboxylic acid groups (broad SMARTS) is 1. The van der Waals surface area contributed by atoms with Crippen molar-refractivity contribution in [3.63, 3.8) is 0 Å². The first-order valence-corrected chi connectivity index (χ1v) is 7.29. The highest BCUT2D eigenvalue weighted by molar-refractivity contribution is 5.86. The van der Waals surface area contributed by atoms with E-state index in [0.29, 0.717) is 6.42 Å². The Kier molecular flexibility index (Phi) is 2.94. The number of benzene rings is 1. The number of para-hydroxylation sites is 1. The molecule has 0 spiro atoms. The Morgan fingerprint density at radius 1 is 1.27 bits per heavy atom. The van der Waals surface area contributed by atoms with Gasteiger partial charge in [-0.05, 0) is 23.8 Å². The molecule has 2 atom stereocenters. The fraction of sp³-hybridized carbons (Fsp3) is 0.176. The van der Waals surface area contributed by atoms with E-state index in [1.54, 1.807) is 12.4 Å². The monoisotopic (exact) mass is 293 g/mol. The van der Waals surface area contributed by atoms with E-state index >= 15 is 0 Å². The van der Waals surface area contributed by atoms with Crippen LogP contribution in [0.2, 0.25) is 0 Å². The van der Waals surface area contributed by atoms with Crippen molar-refractivity contribution in [3.05, 3.63) is 65.6 Å². The number of aromatic amines is 1. The topological polar surface area (TPSA) is 85.4 Å². The van der Waals surface area contributed by atoms with Crippen molar-refractivity contribution in [3.8, 4) is 0 Å². The smallest absolute Gasteiger partial charge is 0.154 e. The normalized spacial score (nSPS) is 20.7. The van der Waals surface area contributed by atoms with Crippen LogP contribution in [-0.2, 0) is 11.2 Å². The molecule has 0 fully saturated rings. The predicted octanol–water partition coefficient (Wildman–Crippen LogP) is -0.110. The lowest BCUT2D eigenvalue weighted by molar-refractivity contribution is -0.717. The van der Waals surface area contributed by atoms with Crippen LogP contribution >= 0.6 is 0 Å². The molecule has 0 radical (unpaired) electrons. The van der Waals surface area contributed by atoms with E-state index in [9.17, 15) is 9.90 Å². The van der Waals surface area contributed by atoms with Gasteiger partial charge in [0.25, 0.3) is 0 Å². The van der Waals surface area contributed by atoms with Crippen LogP contribution in [0.25, 0.3) is 10.9 Å². The van der Waals surface area contributed by atoms with Crippen molar-refractivity contribution in [1.82, 2.24) is 9.97 Å². The molecule has 3 N–H and O–H groups in total. The van der Waals surface area contributed by atoms with Gasteiger partial charge in [-0.15, -0.1) is 0 Å². The van der Waals surface area contributed by atoms with Crippen LogP contribution in [0.1, 0.15) is 22.9 Å². The lowest BCUT2D eigenvalue weighted by Crippen LogP contribution is -2.95. The van der Waals surface area contributed by atoms with Crippen LogP contribution in [0, 0.1) is 0 Å². The van der Waals surface area contributed by atoms with E-state index < -0.39 is 12.0 Å². The third-order valence-corrected chi connectivity index (χ3v) is 4.35. The Morgan fingerprint density at radius 2 is 2.14 bits per heavy atom. The Morgan fingerprint density at radius 3 is 2.91 bits per heavy atom. The minimum Gasteiger partial charge on any atom is -0.544 e. The van der Waals surface area contributed by atoms with E-state index in [1.807, 2.05) is 41.7 Å². The number of aliphatic carboxylic acids is 1. The second-order valence-corrected chi connectivity index (χ2v) is 5.65. The minimum atomic E-state index is -1.02. The Balaban J connectivity index is 1.91. The highest BCUT2D eigenvalue weighted by Gasteiger charge is 2.34. The van der Waals surface area contributed by atoms with Crippen LogP contribution in [0.15, 0.2) is 48.8 Å². The van der Waals surface area contributed by atoms with Gasteiger partial charge in [-0.1, -0.05) is 18.2 Å². The van der Waals surface area contributed by atoms with Crippen LogP contribution < -0.4 is 10.4 Å². The van der Waals surface area contributed by atoms with Gasteiger partial charge in [-0.25, -0.2) is 0 Å². The summed E-state index contributed by atoms with van der Waals surface area (Å²) in [6, 6.07) is 11.1. The minimum absolute atomic E-state index is 0.104. The highest BCUT2D eigenvalue weighted by atomic mass is 16.4. The largest absolute Gasteiger partial charge is 0.544 e. The molecule has 2 aromatic heterocycles. The summed E-state index contributed by atoms with van der Waals surface area (Å²) < 4.78 is 0. The first-order valence-electron chi connectivity index (χ1n) is 7.29. The summed E-state index contributed by atoms with van der Waals surface area (Å²) in [5.74, 6) is -1.02. The lowest BCUT2D eigenvalue weighted by atomic mass is 9.91. The molecule has 3 heterocycles. The molecule has 0 unspecified atom stereocenters. The third kappa shape index (κ3) is 1.98. The fourth-order valence-corrected chi connectivity index (χ4v) is 3.32. The van der Waals surface area contributed by atoms with Gasteiger partial charge < -0.3 is 20.2 Å². The van der Waals surface area contributed by atoms with Crippen molar-refractivity contribution >= 4 is 16.9 Å². The first kappa shape index (κ1) is 13.0. The number of H-pyrrole nitrogens is 1. The molecule has 0 bridgehead atoms. The van der Waals surface area contributed by atoms with Crippen LogP contribution in [0.3, 0.4) is 0 Å². The second-order valence-electron chi connectivity index (χ2n) is 5.65. The summed E-state index contributed by atoms with van der Waals surface area (Å²) in [7, 11) is 0. The van der Waals surface area contributed by atoms with Crippen molar-refractivity contribution < 1.29 is 15.2 Å². The molecule has 0 aliphatic carbocycles. The van der Waals surface area contributed by atoms with Gasteiger partial charge in [-0.3, -0.25) is 4.98 Å². The number of carbonyl (C=O) groups is 1. The molecule has 5 nitrogen and oxygen atoms in total. The lowest BCUT2D eigenvalue weighted by Gasteiger charge is -2.28. The van der Waals surface area contributed by atoms with Crippen LogP contribution in [-0.4, -0.2) is 22.0 Å². The number of nitrogens with two attached hydrogens (primary N) is 1. The van der Waals surface area contributed by atoms with E-state index in [-0.39, 0.29) is 6.04 Å². The zero-order valence-electron chi connectivity index (χ0n) is 11.8. The summed E-state index contributed by atoms with van der Waals surface area (Å²) >= 11 is 0. The number of hydrogen-bond donors (Lipinski definition) is 2. The molecule has 110 valence electrons. The summed E-state index contributed by atoms with van der Waals surface area (Å²) in [5.41, 5.74) is 4.16. The number of nitrogens with one attached hydrogen (secondary N) is 1. The molecule has 22 heavy (non-hydrogen) atoms. The average Bonchev–Trinajstić information content (AvgIpc) is 2.93. The van der Waals surface area contributed by atoms with Crippen molar-refractivity contribution in [2.24, 2.45) is 0 Å². The first-order chi connectivity index (χ1) is 10.7. The van der Waals surface area contributed by atoms with Gasteiger partial charge in [-0.2, -0.15) is 0 Å². The number of nitrogens with zero attached hydrogens (tertiary/aromatic N) is 1. The van der Waals surface area contributed by atoms with Crippen molar-refractivity contribution in [1.29, 1.82) is 0 Å². The van der Waals surface area contributed by atoms with E-state index in [0.717, 1.165) is 27.7 Å². The Bertz CT molecular complexity index is 841. The second kappa shape index (κ2) is 4.96. The van der Waals surface area contributed by atoms with E-state index in [2.05, 4.69) is 9.97 Å². The Hall–Kier alpha value is -2.66. The summed E-state index contributed by atoms with van der Waals surface area (Å²) in [5, 5.41) is 14.4. The Labute approximate surface area is 127 Å². The number of quaternary nitrogens is 1. The van der Waals surface area contributed by atoms with Crippen LogP contribution in [0.4, 0.5) is 0 Å². The van der Waals surface area contributed by atoms with E-state index in [1.165, 1.54) is 0 Å². The van der Waals surface area contributed by atoms with Gasteiger partial charge in [0.15, 0.2) is 6.04 Å². The predicted molar refractivity (Wildman–Crippen MR) is 78.8 cm³/mol. The zero-order valence-corrected chi connectivity index (χ0v) is 11.8. The average molecular weight is 293 g/mol. The maximum atomic E-state index is 11.4. The quantitative estimate of drug-likeness (QED) is 0.691. The standard InChI is InChI=1S/C17H15N3O2/c21-17(22)14-8-12-11-5-1-2-6-13(11)19-16(12)15(20-14)10-4-3-7-18-9-10/h1-7,9,14-15,19-20H,8H2,(H,21,22)/t14-,15-/m1/s1. The van der Waals surface area contributed by atoms with Crippen molar-refractivity contribution in [2.45, 2.75) is 18.5 Å². The number of rotatable bonds is 2. The molecule has 1 aromatic carbocycles. The van der Waals surface area contributed by atoms with E-state index in [4.69, 9.17) is 0 Å². The van der Waals surface area contributed by atoms with Gasteiger partial charge in [0, 0.05) is 35.3 Å². The molecular formula is C17H15N3O2. The number of pyridine rings is 1.